The van der Waals surface area contributed by atoms with E-state index >= 15 is 0 Å². The van der Waals surface area contributed by atoms with Crippen molar-refractivity contribution >= 4 is 5.97 Å². The van der Waals surface area contributed by atoms with E-state index in [1.807, 2.05) is 54.6 Å². The molecule has 34 heavy (non-hydrogen) atoms. The lowest BCUT2D eigenvalue weighted by Crippen LogP contribution is -2.31. The topological polar surface area (TPSA) is 90.7 Å². The van der Waals surface area contributed by atoms with Crippen molar-refractivity contribution in [1.29, 1.82) is 0 Å². The zero-order valence-electron chi connectivity index (χ0n) is 19.1. The van der Waals surface area contributed by atoms with Crippen molar-refractivity contribution in [3.63, 3.8) is 0 Å². The Labute approximate surface area is 196 Å². The second-order valence-corrected chi connectivity index (χ2v) is 7.67. The number of hydrogen-bond acceptors (Lipinski definition) is 5. The Kier molecular flexibility index (Phi) is 6.45. The number of carboxylic acid groups (broad SMARTS) is 1. The average molecular weight is 456 g/mol. The summed E-state index contributed by atoms with van der Waals surface area (Å²) in [6.45, 7) is 1.83. The molecule has 0 aliphatic carbocycles. The molecule has 172 valence electrons. The van der Waals surface area contributed by atoms with E-state index < -0.39 is 11.5 Å². The molecule has 0 atom stereocenters. The number of methoxy groups -OCH3 is 2. The van der Waals surface area contributed by atoms with Gasteiger partial charge in [-0.15, -0.1) is 0 Å². The van der Waals surface area contributed by atoms with Crippen LogP contribution in [-0.2, 0) is 6.54 Å². The number of aromatic carboxylic acids is 1. The highest BCUT2D eigenvalue weighted by Crippen LogP contribution is 2.35. The fourth-order valence-corrected chi connectivity index (χ4v) is 3.95. The molecule has 7 nitrogen and oxygen atoms in total. The molecule has 0 saturated heterocycles. The molecule has 1 heterocycles. The maximum Gasteiger partial charge on any atom is 0.343 e. The molecule has 4 aromatic rings. The number of carboxylic acids is 1. The van der Waals surface area contributed by atoms with Crippen molar-refractivity contribution in [3.05, 3.63) is 100 Å². The zero-order chi connectivity index (χ0) is 24.2. The predicted octanol–water partition coefficient (Wildman–Crippen LogP) is 4.65. The second kappa shape index (κ2) is 9.62. The third-order valence-corrected chi connectivity index (χ3v) is 5.66. The summed E-state index contributed by atoms with van der Waals surface area (Å²) < 4.78 is 12.1. The molecule has 3 aromatic carbocycles. The molecule has 4 rings (SSSR count). The molecule has 0 fully saturated rings. The normalized spacial score (nSPS) is 10.7. The molecular weight excluding hydrogens is 432 g/mol. The van der Waals surface area contributed by atoms with Gasteiger partial charge in [0.1, 0.15) is 17.3 Å². The molecule has 0 unspecified atom stereocenters. The van der Waals surface area contributed by atoms with Crippen LogP contribution < -0.4 is 15.0 Å². The highest BCUT2D eigenvalue weighted by atomic mass is 16.5. The van der Waals surface area contributed by atoms with Crippen LogP contribution in [0.5, 0.6) is 11.5 Å². The number of aromatic nitrogens is 2. The van der Waals surface area contributed by atoms with Crippen LogP contribution in [0.25, 0.3) is 22.4 Å². The lowest BCUT2D eigenvalue weighted by molar-refractivity contribution is 0.0694. The van der Waals surface area contributed by atoms with Gasteiger partial charge in [-0.1, -0.05) is 48.5 Å². The van der Waals surface area contributed by atoms with Crippen LogP contribution in [0.15, 0.2) is 77.6 Å². The first-order chi connectivity index (χ1) is 16.4. The number of rotatable bonds is 7. The Hall–Kier alpha value is -4.39. The third kappa shape index (κ3) is 4.28. The highest BCUT2D eigenvalue weighted by Gasteiger charge is 2.24. The Morgan fingerprint density at radius 2 is 1.65 bits per heavy atom. The minimum atomic E-state index is -1.34. The summed E-state index contributed by atoms with van der Waals surface area (Å²) in [5, 5.41) is 10.0. The van der Waals surface area contributed by atoms with Gasteiger partial charge in [-0.3, -0.25) is 9.36 Å². The highest BCUT2D eigenvalue weighted by molar-refractivity contribution is 5.97. The maximum absolute atomic E-state index is 13.5. The van der Waals surface area contributed by atoms with E-state index in [9.17, 15) is 14.7 Å². The smallest absolute Gasteiger partial charge is 0.343 e. The number of benzene rings is 3. The molecule has 0 aliphatic rings. The molecule has 0 saturated carbocycles. The number of para-hydroxylation sites is 1. The lowest BCUT2D eigenvalue weighted by Gasteiger charge is -2.17. The maximum atomic E-state index is 13.5. The van der Waals surface area contributed by atoms with Crippen molar-refractivity contribution < 1.29 is 19.4 Å². The minimum absolute atomic E-state index is 0.118. The Morgan fingerprint density at radius 3 is 2.32 bits per heavy atom. The largest absolute Gasteiger partial charge is 0.497 e. The summed E-state index contributed by atoms with van der Waals surface area (Å²) >= 11 is 0. The van der Waals surface area contributed by atoms with Crippen molar-refractivity contribution in [2.75, 3.05) is 14.2 Å². The number of ether oxygens (including phenoxy) is 2. The van der Waals surface area contributed by atoms with Crippen molar-refractivity contribution in [3.8, 4) is 33.9 Å². The van der Waals surface area contributed by atoms with Crippen LogP contribution in [0.2, 0.25) is 0 Å². The number of carbonyl (C=O) groups is 1. The van der Waals surface area contributed by atoms with E-state index in [-0.39, 0.29) is 17.8 Å². The van der Waals surface area contributed by atoms with Gasteiger partial charge in [-0.05, 0) is 42.3 Å². The van der Waals surface area contributed by atoms with E-state index in [2.05, 4.69) is 4.98 Å². The lowest BCUT2D eigenvalue weighted by atomic mass is 9.95. The van der Waals surface area contributed by atoms with Crippen molar-refractivity contribution in [2.45, 2.75) is 13.5 Å². The number of nitrogens with zero attached hydrogens (tertiary/aromatic N) is 2. The van der Waals surface area contributed by atoms with Gasteiger partial charge in [0.2, 0.25) is 0 Å². The molecule has 1 N–H and O–H groups in total. The first-order valence-electron chi connectivity index (χ1n) is 10.6. The SMILES string of the molecule is COc1ccc(-c2nc(C)n(Cc3ccccc3OC)c(=O)c2C(=O)O)c(-c2ccccc2)c1. The van der Waals surface area contributed by atoms with E-state index in [1.165, 1.54) is 4.57 Å². The molecule has 0 radical (unpaired) electrons. The molecule has 0 spiro atoms. The van der Waals surface area contributed by atoms with Gasteiger partial charge in [0, 0.05) is 11.1 Å². The summed E-state index contributed by atoms with van der Waals surface area (Å²) in [6, 6.07) is 22.1. The van der Waals surface area contributed by atoms with Gasteiger partial charge >= 0.3 is 5.97 Å². The molecule has 0 aliphatic heterocycles. The van der Waals surface area contributed by atoms with Crippen LogP contribution in [0, 0.1) is 6.92 Å². The fraction of sp³-hybridized carbons (Fsp3) is 0.148. The summed E-state index contributed by atoms with van der Waals surface area (Å²) in [5.74, 6) is 0.277. The van der Waals surface area contributed by atoms with Gasteiger partial charge in [0.15, 0.2) is 5.56 Å². The minimum Gasteiger partial charge on any atom is -0.497 e. The molecule has 7 heteroatoms. The Balaban J connectivity index is 1.94. The van der Waals surface area contributed by atoms with Crippen LogP contribution in [-0.4, -0.2) is 34.8 Å². The summed E-state index contributed by atoms with van der Waals surface area (Å²) in [4.78, 5) is 30.4. The summed E-state index contributed by atoms with van der Waals surface area (Å²) in [5.41, 5.74) is 1.96. The number of aryl methyl sites for hydroxylation is 1. The zero-order valence-corrected chi connectivity index (χ0v) is 19.1. The molecule has 0 amide bonds. The first kappa shape index (κ1) is 22.8. The van der Waals surface area contributed by atoms with E-state index in [1.54, 1.807) is 39.3 Å². The first-order valence-corrected chi connectivity index (χ1v) is 10.6. The summed E-state index contributed by atoms with van der Waals surface area (Å²) in [6.07, 6.45) is 0. The standard InChI is InChI=1S/C27H24N2O5/c1-17-28-25(21-14-13-20(33-2)15-22(21)18-9-5-4-6-10-18)24(27(31)32)26(30)29(17)16-19-11-7-8-12-23(19)34-3/h4-15H,16H2,1-3H3,(H,31,32). The van der Waals surface area contributed by atoms with Crippen LogP contribution in [0.4, 0.5) is 0 Å². The van der Waals surface area contributed by atoms with Gasteiger partial charge in [0.25, 0.3) is 5.56 Å². The Bertz CT molecular complexity index is 1410. The van der Waals surface area contributed by atoms with Gasteiger partial charge in [-0.25, -0.2) is 9.78 Å². The van der Waals surface area contributed by atoms with E-state index in [0.29, 0.717) is 22.9 Å². The van der Waals surface area contributed by atoms with Crippen LogP contribution in [0.1, 0.15) is 21.7 Å². The molecular formula is C27H24N2O5. The fourth-order valence-electron chi connectivity index (χ4n) is 3.95. The van der Waals surface area contributed by atoms with Gasteiger partial charge in [0.05, 0.1) is 26.5 Å². The van der Waals surface area contributed by atoms with Gasteiger partial charge < -0.3 is 14.6 Å². The monoisotopic (exact) mass is 456 g/mol. The van der Waals surface area contributed by atoms with Crippen molar-refractivity contribution in [2.24, 2.45) is 0 Å². The molecule has 0 bridgehead atoms. The van der Waals surface area contributed by atoms with E-state index in [0.717, 1.165) is 16.7 Å². The van der Waals surface area contributed by atoms with E-state index in [4.69, 9.17) is 9.47 Å². The van der Waals surface area contributed by atoms with Crippen LogP contribution in [0.3, 0.4) is 0 Å². The third-order valence-electron chi connectivity index (χ3n) is 5.66. The van der Waals surface area contributed by atoms with Crippen LogP contribution >= 0.6 is 0 Å². The van der Waals surface area contributed by atoms with Crippen molar-refractivity contribution in [1.82, 2.24) is 9.55 Å². The second-order valence-electron chi connectivity index (χ2n) is 7.67. The number of hydrogen-bond donors (Lipinski definition) is 1. The predicted molar refractivity (Wildman–Crippen MR) is 130 cm³/mol. The Morgan fingerprint density at radius 1 is 0.941 bits per heavy atom. The molecule has 1 aromatic heterocycles. The quantitative estimate of drug-likeness (QED) is 0.435. The average Bonchev–Trinajstić information content (AvgIpc) is 2.86. The van der Waals surface area contributed by atoms with Gasteiger partial charge in [-0.2, -0.15) is 0 Å². The summed E-state index contributed by atoms with van der Waals surface area (Å²) in [7, 11) is 3.11.